The van der Waals surface area contributed by atoms with Gasteiger partial charge in [-0.15, -0.1) is 0 Å². The Morgan fingerprint density at radius 1 is 1.02 bits per heavy atom. The van der Waals surface area contributed by atoms with E-state index in [2.05, 4.69) is 4.90 Å². The third-order valence-electron chi connectivity index (χ3n) is 7.70. The number of morpholine rings is 1. The van der Waals surface area contributed by atoms with Crippen molar-refractivity contribution in [3.63, 3.8) is 0 Å². The number of ketones is 1. The van der Waals surface area contributed by atoms with Crippen molar-refractivity contribution in [2.75, 3.05) is 39.4 Å². The maximum atomic E-state index is 13.4. The van der Waals surface area contributed by atoms with Gasteiger partial charge in [-0.2, -0.15) is 0 Å². The van der Waals surface area contributed by atoms with Gasteiger partial charge in [0.25, 0.3) is 17.4 Å². The quantitative estimate of drug-likeness (QED) is 0.123. The number of aliphatic hydroxyl groups is 1. The lowest BCUT2D eigenvalue weighted by atomic mass is 9.95. The fraction of sp³-hybridized carbons (Fsp3) is 0.312. The van der Waals surface area contributed by atoms with Gasteiger partial charge in [-0.3, -0.25) is 24.6 Å². The average Bonchev–Trinajstić information content (AvgIpc) is 3.26. The summed E-state index contributed by atoms with van der Waals surface area (Å²) in [6.07, 6.45) is 0.589. The summed E-state index contributed by atoms with van der Waals surface area (Å²) in [5.74, 6) is -1.33. The first kappa shape index (κ1) is 29.0. The summed E-state index contributed by atoms with van der Waals surface area (Å²) in [6.45, 7) is 6.21. The summed E-state index contributed by atoms with van der Waals surface area (Å²) >= 11 is 0. The standard InChI is InChI=1S/C32H33N3O7/c1-22-6-2-3-7-25(22)21-42-27-12-10-23(11-13-27)30(36)28-29(24-8-4-9-26(20-24)35(39)40)34(32(38)31(28)37)15-5-14-33-16-18-41-19-17-33/h2-4,6-13,20,29,36H,5,14-19,21H2,1H3/b30-28+. The van der Waals surface area contributed by atoms with E-state index in [9.17, 15) is 24.8 Å². The number of benzene rings is 3. The minimum Gasteiger partial charge on any atom is -0.507 e. The normalized spacial score (nSPS) is 18.8. The van der Waals surface area contributed by atoms with Crippen molar-refractivity contribution in [2.24, 2.45) is 0 Å². The highest BCUT2D eigenvalue weighted by atomic mass is 16.6. The second-order valence-corrected chi connectivity index (χ2v) is 10.4. The Labute approximate surface area is 243 Å². The molecule has 2 heterocycles. The molecule has 0 radical (unpaired) electrons. The number of non-ortho nitro benzene ring substituents is 1. The average molecular weight is 572 g/mol. The van der Waals surface area contributed by atoms with Crippen LogP contribution >= 0.6 is 0 Å². The van der Waals surface area contributed by atoms with Crippen molar-refractivity contribution in [2.45, 2.75) is 26.0 Å². The largest absolute Gasteiger partial charge is 0.507 e. The number of nitrogens with zero attached hydrogens (tertiary/aromatic N) is 3. The summed E-state index contributed by atoms with van der Waals surface area (Å²) in [4.78, 5) is 41.3. The second-order valence-electron chi connectivity index (χ2n) is 10.4. The van der Waals surface area contributed by atoms with Crippen LogP contribution in [0, 0.1) is 17.0 Å². The molecule has 1 unspecified atom stereocenters. The number of likely N-dealkylation sites (tertiary alicyclic amines) is 1. The molecule has 0 aliphatic carbocycles. The molecule has 42 heavy (non-hydrogen) atoms. The third-order valence-corrected chi connectivity index (χ3v) is 7.70. The molecule has 0 aromatic heterocycles. The number of hydrogen-bond donors (Lipinski definition) is 1. The van der Waals surface area contributed by atoms with Gasteiger partial charge < -0.3 is 19.5 Å². The van der Waals surface area contributed by atoms with Crippen LogP contribution in [-0.4, -0.2) is 70.9 Å². The second kappa shape index (κ2) is 13.0. The lowest BCUT2D eigenvalue weighted by molar-refractivity contribution is -0.384. The first-order chi connectivity index (χ1) is 20.3. The minimum atomic E-state index is -0.966. The molecule has 0 saturated carbocycles. The van der Waals surface area contributed by atoms with Crippen LogP contribution in [-0.2, 0) is 20.9 Å². The van der Waals surface area contributed by atoms with E-state index in [0.29, 0.717) is 49.7 Å². The predicted octanol–water partition coefficient (Wildman–Crippen LogP) is 4.63. The Bertz CT molecular complexity index is 1500. The zero-order valence-corrected chi connectivity index (χ0v) is 23.4. The molecule has 10 heteroatoms. The van der Waals surface area contributed by atoms with E-state index in [-0.39, 0.29) is 23.6 Å². The molecule has 2 aliphatic rings. The maximum Gasteiger partial charge on any atom is 0.295 e. The first-order valence-corrected chi connectivity index (χ1v) is 13.9. The van der Waals surface area contributed by atoms with Gasteiger partial charge in [0.05, 0.1) is 29.8 Å². The predicted molar refractivity (Wildman–Crippen MR) is 156 cm³/mol. The molecular weight excluding hydrogens is 538 g/mol. The number of nitro groups is 1. The van der Waals surface area contributed by atoms with Gasteiger partial charge in [0, 0.05) is 43.9 Å². The summed E-state index contributed by atoms with van der Waals surface area (Å²) in [7, 11) is 0. The van der Waals surface area contributed by atoms with Crippen LogP contribution in [0.4, 0.5) is 5.69 Å². The van der Waals surface area contributed by atoms with Gasteiger partial charge in [0.1, 0.15) is 18.1 Å². The van der Waals surface area contributed by atoms with Gasteiger partial charge in [0.15, 0.2) is 0 Å². The summed E-state index contributed by atoms with van der Waals surface area (Å²) < 4.78 is 11.3. The van der Waals surface area contributed by atoms with Crippen molar-refractivity contribution in [1.29, 1.82) is 0 Å². The Morgan fingerprint density at radius 3 is 2.48 bits per heavy atom. The molecule has 218 valence electrons. The Morgan fingerprint density at radius 2 is 1.76 bits per heavy atom. The SMILES string of the molecule is Cc1ccccc1COc1ccc(/C(O)=C2\C(=O)C(=O)N(CCCN3CCOCC3)C2c2cccc([N+](=O)[O-])c2)cc1. The van der Waals surface area contributed by atoms with Crippen LogP contribution < -0.4 is 4.74 Å². The summed E-state index contributed by atoms with van der Waals surface area (Å²) in [6, 6.07) is 19.4. The number of carbonyl (C=O) groups is 2. The van der Waals surface area contributed by atoms with Crippen LogP contribution in [0.1, 0.15) is 34.7 Å². The number of aliphatic hydroxyl groups excluding tert-OH is 1. The molecule has 5 rings (SSSR count). The first-order valence-electron chi connectivity index (χ1n) is 13.9. The van der Waals surface area contributed by atoms with Crippen molar-refractivity contribution < 1.29 is 29.1 Å². The number of carbonyl (C=O) groups excluding carboxylic acids is 2. The highest BCUT2D eigenvalue weighted by Crippen LogP contribution is 2.40. The molecular formula is C32H33N3O7. The minimum absolute atomic E-state index is 0.0968. The van der Waals surface area contributed by atoms with Crippen LogP contribution in [0.3, 0.4) is 0 Å². The Kier molecular flexibility index (Phi) is 8.94. The highest BCUT2D eigenvalue weighted by Gasteiger charge is 2.46. The van der Waals surface area contributed by atoms with Crippen molar-refractivity contribution in [3.05, 3.63) is 111 Å². The van der Waals surface area contributed by atoms with Crippen molar-refractivity contribution in [1.82, 2.24) is 9.80 Å². The molecule has 3 aromatic rings. The third kappa shape index (κ3) is 6.35. The van der Waals surface area contributed by atoms with Crippen LogP contribution in [0.2, 0.25) is 0 Å². The summed E-state index contributed by atoms with van der Waals surface area (Å²) in [5.41, 5.74) is 2.62. The van der Waals surface area contributed by atoms with E-state index >= 15 is 0 Å². The van der Waals surface area contributed by atoms with E-state index in [1.807, 2.05) is 31.2 Å². The van der Waals surface area contributed by atoms with Gasteiger partial charge >= 0.3 is 0 Å². The molecule has 0 bridgehead atoms. The number of ether oxygens (including phenoxy) is 2. The number of aryl methyl sites for hydroxylation is 1. The van der Waals surface area contributed by atoms with Gasteiger partial charge in [-0.1, -0.05) is 36.4 Å². The topological polar surface area (TPSA) is 122 Å². The lowest BCUT2D eigenvalue weighted by Crippen LogP contribution is -2.39. The highest BCUT2D eigenvalue weighted by molar-refractivity contribution is 6.46. The van der Waals surface area contributed by atoms with Crippen LogP contribution in [0.15, 0.2) is 78.4 Å². The number of rotatable bonds is 10. The smallest absolute Gasteiger partial charge is 0.295 e. The molecule has 2 saturated heterocycles. The number of Topliss-reactive ketones (excluding diaryl/α,β-unsaturated/α-hetero) is 1. The van der Waals surface area contributed by atoms with Gasteiger partial charge in [0.2, 0.25) is 0 Å². The maximum absolute atomic E-state index is 13.4. The Balaban J connectivity index is 1.42. The fourth-order valence-corrected chi connectivity index (χ4v) is 5.35. The van der Waals surface area contributed by atoms with Crippen LogP contribution in [0.25, 0.3) is 5.76 Å². The number of nitro benzene ring substituents is 1. The van der Waals surface area contributed by atoms with E-state index in [1.54, 1.807) is 30.3 Å². The molecule has 2 aliphatic heterocycles. The molecule has 1 amide bonds. The zero-order chi connectivity index (χ0) is 29.6. The van der Waals surface area contributed by atoms with Crippen molar-refractivity contribution >= 4 is 23.1 Å². The van der Waals surface area contributed by atoms with Gasteiger partial charge in [-0.05, 0) is 54.3 Å². The fourth-order valence-electron chi connectivity index (χ4n) is 5.35. The molecule has 10 nitrogen and oxygen atoms in total. The number of amides is 1. The van der Waals surface area contributed by atoms with Crippen molar-refractivity contribution in [3.8, 4) is 5.75 Å². The van der Waals surface area contributed by atoms with Crippen LogP contribution in [0.5, 0.6) is 5.75 Å². The molecule has 0 spiro atoms. The number of hydrogen-bond acceptors (Lipinski definition) is 8. The van der Waals surface area contributed by atoms with Gasteiger partial charge in [-0.25, -0.2) is 0 Å². The summed E-state index contributed by atoms with van der Waals surface area (Å²) in [5, 5.41) is 22.9. The molecule has 2 fully saturated rings. The molecule has 3 aromatic carbocycles. The monoisotopic (exact) mass is 571 g/mol. The van der Waals surface area contributed by atoms with E-state index in [0.717, 1.165) is 24.2 Å². The molecule has 1 N–H and O–H groups in total. The zero-order valence-electron chi connectivity index (χ0n) is 23.4. The lowest BCUT2D eigenvalue weighted by Gasteiger charge is -2.29. The Hall–Kier alpha value is -4.54. The molecule has 1 atom stereocenters. The van der Waals surface area contributed by atoms with E-state index in [4.69, 9.17) is 9.47 Å². The van der Waals surface area contributed by atoms with E-state index < -0.39 is 22.7 Å². The van der Waals surface area contributed by atoms with E-state index in [1.165, 1.54) is 23.1 Å².